The Labute approximate surface area is 108 Å². The summed E-state index contributed by atoms with van der Waals surface area (Å²) >= 11 is 0. The second-order valence-corrected chi connectivity index (χ2v) is 4.14. The molecule has 0 radical (unpaired) electrons. The standard InChI is InChI=1S/C15H19NO2/c1-2-3-4-8-11-15(18)16-12-14(17)13-9-6-5-7-10-13/h1,5-7,9-10,14,17H,3-4,8,11-12H2,(H,16,18). The van der Waals surface area contributed by atoms with Crippen LogP contribution in [-0.4, -0.2) is 17.6 Å². The number of carbonyl (C=O) groups excluding carboxylic acids is 1. The van der Waals surface area contributed by atoms with Gasteiger partial charge in [-0.05, 0) is 18.4 Å². The van der Waals surface area contributed by atoms with Crippen molar-refractivity contribution >= 4 is 5.91 Å². The average Bonchev–Trinajstić information content (AvgIpc) is 2.42. The van der Waals surface area contributed by atoms with Crippen LogP contribution in [0.5, 0.6) is 0 Å². The fraction of sp³-hybridized carbons (Fsp3) is 0.400. The van der Waals surface area contributed by atoms with E-state index in [9.17, 15) is 9.90 Å². The summed E-state index contributed by atoms with van der Waals surface area (Å²) < 4.78 is 0. The molecule has 0 fully saturated rings. The zero-order valence-electron chi connectivity index (χ0n) is 10.4. The molecule has 96 valence electrons. The molecule has 3 nitrogen and oxygen atoms in total. The SMILES string of the molecule is C#CCCCCC(=O)NCC(O)c1ccccc1. The van der Waals surface area contributed by atoms with Crippen LogP contribution in [0, 0.1) is 12.3 Å². The molecule has 1 aromatic rings. The molecule has 3 heteroatoms. The van der Waals surface area contributed by atoms with Crippen LogP contribution in [0.4, 0.5) is 0 Å². The summed E-state index contributed by atoms with van der Waals surface area (Å²) in [4.78, 5) is 11.5. The first-order valence-electron chi connectivity index (χ1n) is 6.17. The number of hydrogen-bond donors (Lipinski definition) is 2. The van der Waals surface area contributed by atoms with Crippen molar-refractivity contribution < 1.29 is 9.90 Å². The van der Waals surface area contributed by atoms with Crippen molar-refractivity contribution in [1.82, 2.24) is 5.32 Å². The number of benzene rings is 1. The van der Waals surface area contributed by atoms with Crippen LogP contribution in [-0.2, 0) is 4.79 Å². The molecule has 0 spiro atoms. The van der Waals surface area contributed by atoms with Crippen molar-refractivity contribution in [2.24, 2.45) is 0 Å². The van der Waals surface area contributed by atoms with Gasteiger partial charge in [0, 0.05) is 19.4 Å². The molecule has 0 heterocycles. The van der Waals surface area contributed by atoms with Gasteiger partial charge in [0.05, 0.1) is 6.10 Å². The quantitative estimate of drug-likeness (QED) is 0.570. The summed E-state index contributed by atoms with van der Waals surface area (Å²) in [5.74, 6) is 2.50. The van der Waals surface area contributed by atoms with Crippen LogP contribution >= 0.6 is 0 Å². The molecule has 1 rings (SSSR count). The fourth-order valence-electron chi connectivity index (χ4n) is 1.60. The smallest absolute Gasteiger partial charge is 0.220 e. The predicted octanol–water partition coefficient (Wildman–Crippen LogP) is 2.03. The van der Waals surface area contributed by atoms with Crippen LogP contribution in [0.1, 0.15) is 37.4 Å². The summed E-state index contributed by atoms with van der Waals surface area (Å²) in [5.41, 5.74) is 0.810. The van der Waals surface area contributed by atoms with E-state index in [4.69, 9.17) is 6.42 Å². The second kappa shape index (κ2) is 8.32. The van der Waals surface area contributed by atoms with E-state index in [1.807, 2.05) is 30.3 Å². The van der Waals surface area contributed by atoms with Crippen LogP contribution in [0.25, 0.3) is 0 Å². The Hall–Kier alpha value is -1.79. The third-order valence-corrected chi connectivity index (χ3v) is 2.65. The number of nitrogens with one attached hydrogen (secondary N) is 1. The monoisotopic (exact) mass is 245 g/mol. The molecular formula is C15H19NO2. The molecule has 1 atom stereocenters. The Morgan fingerprint density at radius 3 is 2.72 bits per heavy atom. The Morgan fingerprint density at radius 2 is 2.06 bits per heavy atom. The summed E-state index contributed by atoms with van der Waals surface area (Å²) in [7, 11) is 0. The number of rotatable bonds is 7. The molecule has 0 saturated heterocycles. The van der Waals surface area contributed by atoms with Crippen molar-refractivity contribution in [3.05, 3.63) is 35.9 Å². The molecule has 0 aliphatic heterocycles. The zero-order valence-corrected chi connectivity index (χ0v) is 10.4. The molecule has 0 aliphatic carbocycles. The topological polar surface area (TPSA) is 49.3 Å². The van der Waals surface area contributed by atoms with E-state index in [1.165, 1.54) is 0 Å². The van der Waals surface area contributed by atoms with Crippen molar-refractivity contribution in [3.8, 4) is 12.3 Å². The van der Waals surface area contributed by atoms with Gasteiger partial charge in [-0.15, -0.1) is 12.3 Å². The molecule has 0 aliphatic rings. The molecule has 1 unspecified atom stereocenters. The normalized spacial score (nSPS) is 11.6. The highest BCUT2D eigenvalue weighted by Crippen LogP contribution is 2.10. The maximum Gasteiger partial charge on any atom is 0.220 e. The zero-order chi connectivity index (χ0) is 13.2. The number of hydrogen-bond acceptors (Lipinski definition) is 2. The highest BCUT2D eigenvalue weighted by atomic mass is 16.3. The Balaban J connectivity index is 2.20. The first-order chi connectivity index (χ1) is 8.74. The summed E-state index contributed by atoms with van der Waals surface area (Å²) in [6.07, 6.45) is 7.30. The minimum Gasteiger partial charge on any atom is -0.387 e. The lowest BCUT2D eigenvalue weighted by molar-refractivity contribution is -0.121. The van der Waals surface area contributed by atoms with E-state index in [-0.39, 0.29) is 12.5 Å². The Morgan fingerprint density at radius 1 is 1.33 bits per heavy atom. The number of amides is 1. The van der Waals surface area contributed by atoms with Gasteiger partial charge in [-0.3, -0.25) is 4.79 Å². The van der Waals surface area contributed by atoms with Crippen molar-refractivity contribution in [2.75, 3.05) is 6.54 Å². The van der Waals surface area contributed by atoms with Crippen LogP contribution in [0.2, 0.25) is 0 Å². The molecule has 18 heavy (non-hydrogen) atoms. The maximum absolute atomic E-state index is 11.5. The third kappa shape index (κ3) is 5.51. The van der Waals surface area contributed by atoms with Gasteiger partial charge >= 0.3 is 0 Å². The minimum absolute atomic E-state index is 0.0398. The van der Waals surface area contributed by atoms with Crippen molar-refractivity contribution in [1.29, 1.82) is 0 Å². The number of aliphatic hydroxyl groups excluding tert-OH is 1. The highest BCUT2D eigenvalue weighted by Gasteiger charge is 2.08. The van der Waals surface area contributed by atoms with E-state index >= 15 is 0 Å². The third-order valence-electron chi connectivity index (χ3n) is 2.65. The van der Waals surface area contributed by atoms with Crippen LogP contribution < -0.4 is 5.32 Å². The lowest BCUT2D eigenvalue weighted by Crippen LogP contribution is -2.28. The Kier molecular flexibility index (Phi) is 6.60. The molecule has 1 aromatic carbocycles. The molecule has 1 amide bonds. The highest BCUT2D eigenvalue weighted by molar-refractivity contribution is 5.75. The lowest BCUT2D eigenvalue weighted by atomic mass is 10.1. The summed E-state index contributed by atoms with van der Waals surface area (Å²) in [6.45, 7) is 0.248. The lowest BCUT2D eigenvalue weighted by Gasteiger charge is -2.12. The molecule has 2 N–H and O–H groups in total. The fourth-order valence-corrected chi connectivity index (χ4v) is 1.60. The Bertz CT molecular complexity index is 395. The van der Waals surface area contributed by atoms with Crippen molar-refractivity contribution in [3.63, 3.8) is 0 Å². The number of terminal acetylenes is 1. The van der Waals surface area contributed by atoms with Crippen LogP contribution in [0.15, 0.2) is 30.3 Å². The maximum atomic E-state index is 11.5. The first-order valence-corrected chi connectivity index (χ1v) is 6.17. The largest absolute Gasteiger partial charge is 0.387 e. The molecule has 0 bridgehead atoms. The molecular weight excluding hydrogens is 226 g/mol. The number of carbonyl (C=O) groups is 1. The first kappa shape index (κ1) is 14.3. The van der Waals surface area contributed by atoms with Crippen molar-refractivity contribution in [2.45, 2.75) is 31.8 Å². The average molecular weight is 245 g/mol. The van der Waals surface area contributed by atoms with Gasteiger partial charge in [0.1, 0.15) is 0 Å². The minimum atomic E-state index is -0.652. The van der Waals surface area contributed by atoms with E-state index in [1.54, 1.807) is 0 Å². The van der Waals surface area contributed by atoms with Crippen LogP contribution in [0.3, 0.4) is 0 Å². The predicted molar refractivity (Wildman–Crippen MR) is 71.7 cm³/mol. The van der Waals surface area contributed by atoms with E-state index in [0.717, 1.165) is 18.4 Å². The van der Waals surface area contributed by atoms with Gasteiger partial charge in [-0.1, -0.05) is 30.3 Å². The van der Waals surface area contributed by atoms with Gasteiger partial charge in [-0.25, -0.2) is 0 Å². The van der Waals surface area contributed by atoms with Gasteiger partial charge in [-0.2, -0.15) is 0 Å². The van der Waals surface area contributed by atoms with E-state index in [2.05, 4.69) is 11.2 Å². The van der Waals surface area contributed by atoms with Gasteiger partial charge in [0.15, 0.2) is 0 Å². The summed E-state index contributed by atoms with van der Waals surface area (Å²) in [5, 5.41) is 12.6. The van der Waals surface area contributed by atoms with E-state index in [0.29, 0.717) is 12.8 Å². The van der Waals surface area contributed by atoms with Gasteiger partial charge in [0.25, 0.3) is 0 Å². The van der Waals surface area contributed by atoms with Gasteiger partial charge < -0.3 is 10.4 Å². The second-order valence-electron chi connectivity index (χ2n) is 4.14. The van der Waals surface area contributed by atoms with E-state index < -0.39 is 6.10 Å². The number of unbranched alkanes of at least 4 members (excludes halogenated alkanes) is 2. The van der Waals surface area contributed by atoms with Gasteiger partial charge in [0.2, 0.25) is 5.91 Å². The molecule has 0 saturated carbocycles. The summed E-state index contributed by atoms with van der Waals surface area (Å²) in [6, 6.07) is 9.29. The molecule has 0 aromatic heterocycles. The number of aliphatic hydroxyl groups is 1.